The molecule has 0 aliphatic carbocycles. The third kappa shape index (κ3) is 5.28. The van der Waals surface area contributed by atoms with Gasteiger partial charge in [-0.2, -0.15) is 13.9 Å². The fourth-order valence-corrected chi connectivity index (χ4v) is 2.91. The molecule has 0 radical (unpaired) electrons. The van der Waals surface area contributed by atoms with Crippen LogP contribution in [0.15, 0.2) is 60.7 Å². The molecule has 3 aromatic rings. The van der Waals surface area contributed by atoms with Gasteiger partial charge in [0.25, 0.3) is 0 Å². The summed E-state index contributed by atoms with van der Waals surface area (Å²) in [6.45, 7) is 1.27. The third-order valence-corrected chi connectivity index (χ3v) is 4.36. The highest BCUT2D eigenvalue weighted by molar-refractivity contribution is 5.92. The van der Waals surface area contributed by atoms with Crippen molar-refractivity contribution in [3.05, 3.63) is 83.2 Å². The summed E-state index contributed by atoms with van der Waals surface area (Å²) >= 11 is 0. The zero-order chi connectivity index (χ0) is 20.8. The van der Waals surface area contributed by atoms with E-state index in [0.29, 0.717) is 0 Å². The van der Waals surface area contributed by atoms with Gasteiger partial charge in [0.2, 0.25) is 5.91 Å². The van der Waals surface area contributed by atoms with Gasteiger partial charge in [0.15, 0.2) is 0 Å². The van der Waals surface area contributed by atoms with Crippen molar-refractivity contribution in [3.63, 3.8) is 0 Å². The fourth-order valence-electron chi connectivity index (χ4n) is 2.91. The van der Waals surface area contributed by atoms with E-state index in [0.717, 1.165) is 28.2 Å². The Balaban J connectivity index is 1.62. The van der Waals surface area contributed by atoms with E-state index in [9.17, 15) is 13.6 Å². The first kappa shape index (κ1) is 20.3. The zero-order valence-corrected chi connectivity index (χ0v) is 16.1. The Hall–Kier alpha value is -3.48. The molecule has 1 aromatic heterocycles. The molecule has 0 aliphatic heterocycles. The van der Waals surface area contributed by atoms with Crippen LogP contribution in [0.5, 0.6) is 5.75 Å². The maximum absolute atomic E-state index is 12.2. The Labute approximate surface area is 167 Å². The number of nitrogens with one attached hydrogen (secondary N) is 1. The Morgan fingerprint density at radius 3 is 2.48 bits per heavy atom. The molecule has 1 N–H and O–H groups in total. The van der Waals surface area contributed by atoms with Gasteiger partial charge in [-0.15, -0.1) is 0 Å². The van der Waals surface area contributed by atoms with E-state index in [1.807, 2.05) is 48.9 Å². The van der Waals surface area contributed by atoms with Gasteiger partial charge in [-0.05, 0) is 49.8 Å². The highest BCUT2D eigenvalue weighted by Gasteiger charge is 2.11. The maximum atomic E-state index is 12.2. The van der Waals surface area contributed by atoms with Crippen molar-refractivity contribution in [2.45, 2.75) is 27.0 Å². The number of rotatable bonds is 7. The summed E-state index contributed by atoms with van der Waals surface area (Å²) in [5, 5.41) is 7.31. The van der Waals surface area contributed by atoms with Crippen molar-refractivity contribution in [1.29, 1.82) is 0 Å². The number of ether oxygens (including phenoxy) is 1. The molecule has 1 amide bonds. The predicted octanol–water partition coefficient (Wildman–Crippen LogP) is 4.42. The molecule has 0 saturated heterocycles. The first-order valence-electron chi connectivity index (χ1n) is 9.05. The Morgan fingerprint density at radius 1 is 1.14 bits per heavy atom. The number of aromatic nitrogens is 2. The SMILES string of the molecule is Cc1nn(-c2ccccc2)c(C)c1/C=C/C(=O)NCc1ccc(OC(F)F)cc1. The van der Waals surface area contributed by atoms with Crippen LogP contribution in [0.25, 0.3) is 11.8 Å². The number of hydrogen-bond acceptors (Lipinski definition) is 3. The smallest absolute Gasteiger partial charge is 0.387 e. The number of aryl methyl sites for hydroxylation is 1. The maximum Gasteiger partial charge on any atom is 0.387 e. The van der Waals surface area contributed by atoms with Crippen LogP contribution in [0.4, 0.5) is 8.78 Å². The summed E-state index contributed by atoms with van der Waals surface area (Å²) in [5.41, 5.74) is 4.38. The van der Waals surface area contributed by atoms with Crippen molar-refractivity contribution >= 4 is 12.0 Å². The lowest BCUT2D eigenvalue weighted by atomic mass is 10.1. The largest absolute Gasteiger partial charge is 0.435 e. The normalized spacial score (nSPS) is 11.2. The average Bonchev–Trinajstić information content (AvgIpc) is 2.99. The van der Waals surface area contributed by atoms with E-state index in [4.69, 9.17) is 0 Å². The minimum atomic E-state index is -2.86. The fraction of sp³-hybridized carbons (Fsp3) is 0.182. The molecule has 29 heavy (non-hydrogen) atoms. The summed E-state index contributed by atoms with van der Waals surface area (Å²) in [6, 6.07) is 15.9. The molecular weight excluding hydrogens is 376 g/mol. The van der Waals surface area contributed by atoms with Crippen LogP contribution in [0.3, 0.4) is 0 Å². The van der Waals surface area contributed by atoms with Crippen LogP contribution < -0.4 is 10.1 Å². The Bertz CT molecular complexity index is 997. The first-order valence-corrected chi connectivity index (χ1v) is 9.05. The second-order valence-electron chi connectivity index (χ2n) is 6.41. The van der Waals surface area contributed by atoms with Crippen molar-refractivity contribution in [2.24, 2.45) is 0 Å². The molecule has 3 rings (SSSR count). The van der Waals surface area contributed by atoms with Gasteiger partial charge in [-0.3, -0.25) is 4.79 Å². The third-order valence-electron chi connectivity index (χ3n) is 4.36. The van der Waals surface area contributed by atoms with E-state index in [1.54, 1.807) is 18.2 Å². The lowest BCUT2D eigenvalue weighted by Crippen LogP contribution is -2.20. The van der Waals surface area contributed by atoms with Gasteiger partial charge in [0.05, 0.1) is 11.4 Å². The molecule has 2 aromatic carbocycles. The van der Waals surface area contributed by atoms with Crippen molar-refractivity contribution in [3.8, 4) is 11.4 Å². The molecule has 0 unspecified atom stereocenters. The molecule has 5 nitrogen and oxygen atoms in total. The molecule has 0 atom stereocenters. The van der Waals surface area contributed by atoms with Gasteiger partial charge in [0, 0.05) is 23.9 Å². The number of carbonyl (C=O) groups is 1. The molecule has 7 heteroatoms. The van der Waals surface area contributed by atoms with E-state index in [1.165, 1.54) is 18.2 Å². The van der Waals surface area contributed by atoms with E-state index < -0.39 is 6.61 Å². The number of nitrogens with zero attached hydrogens (tertiary/aromatic N) is 2. The molecular formula is C22H21F2N3O2. The lowest BCUT2D eigenvalue weighted by Gasteiger charge is -2.06. The monoisotopic (exact) mass is 397 g/mol. The van der Waals surface area contributed by atoms with Crippen LogP contribution in [-0.2, 0) is 11.3 Å². The predicted molar refractivity (Wildman–Crippen MR) is 107 cm³/mol. The molecule has 0 bridgehead atoms. The number of benzene rings is 2. The highest BCUT2D eigenvalue weighted by atomic mass is 19.3. The van der Waals surface area contributed by atoms with Crippen molar-refractivity contribution in [1.82, 2.24) is 15.1 Å². The van der Waals surface area contributed by atoms with Crippen LogP contribution in [0.2, 0.25) is 0 Å². The van der Waals surface area contributed by atoms with Crippen LogP contribution in [0, 0.1) is 13.8 Å². The summed E-state index contributed by atoms with van der Waals surface area (Å²) in [7, 11) is 0. The standard InChI is InChI=1S/C22H21F2N3O2/c1-15-20(16(2)27(26-15)18-6-4-3-5-7-18)12-13-21(28)25-14-17-8-10-19(11-9-17)29-22(23)24/h3-13,22H,14H2,1-2H3,(H,25,28)/b13-12+. The summed E-state index contributed by atoms with van der Waals surface area (Å²) in [4.78, 5) is 12.2. The van der Waals surface area contributed by atoms with E-state index in [2.05, 4.69) is 15.2 Å². The number of para-hydroxylation sites is 1. The number of amides is 1. The van der Waals surface area contributed by atoms with Crippen molar-refractivity contribution < 1.29 is 18.3 Å². The molecule has 0 saturated carbocycles. The first-order chi connectivity index (χ1) is 13.9. The van der Waals surface area contributed by atoms with Gasteiger partial charge >= 0.3 is 6.61 Å². The molecule has 0 aliphatic rings. The van der Waals surface area contributed by atoms with E-state index in [-0.39, 0.29) is 18.2 Å². The molecule has 150 valence electrons. The number of carbonyl (C=O) groups excluding carboxylic acids is 1. The Kier molecular flexibility index (Phi) is 6.39. The topological polar surface area (TPSA) is 56.2 Å². The summed E-state index contributed by atoms with van der Waals surface area (Å²) in [6.07, 6.45) is 3.20. The van der Waals surface area contributed by atoms with Crippen LogP contribution in [-0.4, -0.2) is 22.3 Å². The minimum Gasteiger partial charge on any atom is -0.435 e. The van der Waals surface area contributed by atoms with Crippen LogP contribution in [0.1, 0.15) is 22.5 Å². The highest BCUT2D eigenvalue weighted by Crippen LogP contribution is 2.19. The minimum absolute atomic E-state index is 0.0800. The summed E-state index contributed by atoms with van der Waals surface area (Å²) < 4.78 is 30.5. The van der Waals surface area contributed by atoms with Crippen LogP contribution >= 0.6 is 0 Å². The second-order valence-corrected chi connectivity index (χ2v) is 6.41. The molecule has 0 spiro atoms. The lowest BCUT2D eigenvalue weighted by molar-refractivity contribution is -0.116. The number of halogens is 2. The summed E-state index contributed by atoms with van der Waals surface area (Å²) in [5.74, 6) is -0.180. The van der Waals surface area contributed by atoms with Gasteiger partial charge < -0.3 is 10.1 Å². The average molecular weight is 397 g/mol. The van der Waals surface area contributed by atoms with E-state index >= 15 is 0 Å². The quantitative estimate of drug-likeness (QED) is 0.601. The van der Waals surface area contributed by atoms with Gasteiger partial charge in [-0.25, -0.2) is 4.68 Å². The number of hydrogen-bond donors (Lipinski definition) is 1. The van der Waals surface area contributed by atoms with Crippen molar-refractivity contribution in [2.75, 3.05) is 0 Å². The number of alkyl halides is 2. The van der Waals surface area contributed by atoms with Gasteiger partial charge in [0.1, 0.15) is 5.75 Å². The molecule has 0 fully saturated rings. The second kappa shape index (κ2) is 9.14. The zero-order valence-electron chi connectivity index (χ0n) is 16.1. The Morgan fingerprint density at radius 2 is 1.83 bits per heavy atom. The molecule has 1 heterocycles. The van der Waals surface area contributed by atoms with Gasteiger partial charge in [-0.1, -0.05) is 30.3 Å².